The van der Waals surface area contributed by atoms with Crippen LogP contribution in [0.5, 0.6) is 5.75 Å². The second-order valence-electron chi connectivity index (χ2n) is 7.37. The van der Waals surface area contributed by atoms with Gasteiger partial charge >= 0.3 is 5.97 Å². The smallest absolute Gasteiger partial charge is 0.326 e. The van der Waals surface area contributed by atoms with E-state index in [1.165, 1.54) is 11.8 Å². The first-order valence-electron chi connectivity index (χ1n) is 10.2. The fourth-order valence-electron chi connectivity index (χ4n) is 3.56. The van der Waals surface area contributed by atoms with Crippen molar-refractivity contribution in [2.24, 2.45) is 0 Å². The van der Waals surface area contributed by atoms with Gasteiger partial charge in [-0.05, 0) is 51.0 Å². The molecule has 0 radical (unpaired) electrons. The van der Waals surface area contributed by atoms with E-state index in [0.29, 0.717) is 30.8 Å². The quantitative estimate of drug-likeness (QED) is 0.653. The highest BCUT2D eigenvalue weighted by molar-refractivity contribution is 5.96. The molecule has 0 heterocycles. The molecule has 0 spiro atoms. The molecule has 0 aromatic heterocycles. The Bertz CT molecular complexity index is 794. The summed E-state index contributed by atoms with van der Waals surface area (Å²) in [4.78, 5) is 38.3. The Hall–Kier alpha value is -3.08. The topological polar surface area (TPSA) is 109 Å². The second-order valence-corrected chi connectivity index (χ2v) is 7.37. The van der Waals surface area contributed by atoms with Crippen LogP contribution in [0.3, 0.4) is 0 Å². The molecular weight excluding hydrogens is 386 g/mol. The third-order valence-corrected chi connectivity index (χ3v) is 5.34. The van der Waals surface area contributed by atoms with E-state index in [9.17, 15) is 19.6 Å². The first-order chi connectivity index (χ1) is 14.3. The SMILES string of the molecule is CCOc1ccc(C(=O)NCC(=O)O[C@@H](C)C(=O)N(C)C2(C#N)CCCCC2)cc1. The van der Waals surface area contributed by atoms with Gasteiger partial charge in [-0.25, -0.2) is 0 Å². The van der Waals surface area contributed by atoms with Crippen LogP contribution in [0, 0.1) is 11.3 Å². The molecule has 1 fully saturated rings. The minimum atomic E-state index is -1.04. The molecule has 30 heavy (non-hydrogen) atoms. The van der Waals surface area contributed by atoms with Crippen molar-refractivity contribution in [1.82, 2.24) is 10.2 Å². The lowest BCUT2D eigenvalue weighted by atomic mass is 9.81. The highest BCUT2D eigenvalue weighted by Crippen LogP contribution is 2.32. The van der Waals surface area contributed by atoms with Gasteiger partial charge in [-0.3, -0.25) is 14.4 Å². The summed E-state index contributed by atoms with van der Waals surface area (Å²) in [5.41, 5.74) is -0.471. The number of carbonyl (C=O) groups excluding carboxylic acids is 3. The Balaban J connectivity index is 1.85. The average molecular weight is 415 g/mol. The zero-order valence-corrected chi connectivity index (χ0v) is 17.8. The van der Waals surface area contributed by atoms with E-state index in [2.05, 4.69) is 11.4 Å². The van der Waals surface area contributed by atoms with Crippen LogP contribution in [0.15, 0.2) is 24.3 Å². The summed E-state index contributed by atoms with van der Waals surface area (Å²) in [6.45, 7) is 3.50. The number of amides is 2. The van der Waals surface area contributed by atoms with Crippen molar-refractivity contribution in [3.05, 3.63) is 29.8 Å². The maximum atomic E-state index is 12.7. The molecule has 8 nitrogen and oxygen atoms in total. The van der Waals surface area contributed by atoms with Crippen molar-refractivity contribution in [2.45, 2.75) is 57.6 Å². The molecule has 1 aromatic carbocycles. The minimum absolute atomic E-state index is 0.364. The van der Waals surface area contributed by atoms with Crippen LogP contribution in [-0.2, 0) is 14.3 Å². The van der Waals surface area contributed by atoms with Crippen molar-refractivity contribution in [1.29, 1.82) is 5.26 Å². The monoisotopic (exact) mass is 415 g/mol. The van der Waals surface area contributed by atoms with Gasteiger partial charge in [0.05, 0.1) is 12.7 Å². The molecule has 2 amide bonds. The molecule has 1 aromatic rings. The van der Waals surface area contributed by atoms with Crippen molar-refractivity contribution in [3.8, 4) is 11.8 Å². The Morgan fingerprint density at radius 1 is 1.20 bits per heavy atom. The lowest BCUT2D eigenvalue weighted by Gasteiger charge is -2.39. The number of benzene rings is 1. The van der Waals surface area contributed by atoms with Crippen LogP contribution in [0.4, 0.5) is 0 Å². The molecule has 1 aliphatic carbocycles. The Kier molecular flexibility index (Phi) is 8.22. The summed E-state index contributed by atoms with van der Waals surface area (Å²) >= 11 is 0. The fraction of sp³-hybridized carbons (Fsp3) is 0.545. The van der Waals surface area contributed by atoms with E-state index in [1.807, 2.05) is 6.92 Å². The molecule has 1 N–H and O–H groups in total. The van der Waals surface area contributed by atoms with Crippen LogP contribution in [0.2, 0.25) is 0 Å². The molecule has 0 saturated heterocycles. The number of esters is 1. The maximum absolute atomic E-state index is 12.7. The van der Waals surface area contributed by atoms with Gasteiger partial charge in [0.15, 0.2) is 6.10 Å². The number of nitrogens with zero attached hydrogens (tertiary/aromatic N) is 2. The number of rotatable bonds is 8. The van der Waals surface area contributed by atoms with Gasteiger partial charge in [0, 0.05) is 12.6 Å². The lowest BCUT2D eigenvalue weighted by Crippen LogP contribution is -2.53. The molecule has 162 valence electrons. The van der Waals surface area contributed by atoms with Crippen LogP contribution in [0.1, 0.15) is 56.3 Å². The fourth-order valence-corrected chi connectivity index (χ4v) is 3.56. The summed E-state index contributed by atoms with van der Waals surface area (Å²) in [6, 6.07) is 8.81. The Labute approximate surface area is 177 Å². The van der Waals surface area contributed by atoms with Gasteiger partial charge in [0.1, 0.15) is 17.8 Å². The Morgan fingerprint density at radius 3 is 2.40 bits per heavy atom. The van der Waals surface area contributed by atoms with Crippen LogP contribution in [-0.4, -0.2) is 54.5 Å². The molecular formula is C22H29N3O5. The van der Waals surface area contributed by atoms with Gasteiger partial charge < -0.3 is 19.7 Å². The Morgan fingerprint density at radius 2 is 1.83 bits per heavy atom. The van der Waals surface area contributed by atoms with Crippen molar-refractivity contribution in [3.63, 3.8) is 0 Å². The normalized spacial score (nSPS) is 15.9. The van der Waals surface area contributed by atoms with E-state index < -0.39 is 29.4 Å². The first kappa shape index (κ1) is 23.2. The van der Waals surface area contributed by atoms with E-state index in [0.717, 1.165) is 19.3 Å². The molecule has 0 unspecified atom stereocenters. The summed E-state index contributed by atoms with van der Waals surface area (Å²) in [6.07, 6.45) is 3.00. The minimum Gasteiger partial charge on any atom is -0.494 e. The highest BCUT2D eigenvalue weighted by Gasteiger charge is 2.40. The van der Waals surface area contributed by atoms with Gasteiger partial charge in [-0.15, -0.1) is 0 Å². The molecule has 0 bridgehead atoms. The average Bonchev–Trinajstić information content (AvgIpc) is 2.77. The van der Waals surface area contributed by atoms with Crippen LogP contribution in [0.25, 0.3) is 0 Å². The maximum Gasteiger partial charge on any atom is 0.326 e. The van der Waals surface area contributed by atoms with Crippen LogP contribution >= 0.6 is 0 Å². The molecule has 8 heteroatoms. The van der Waals surface area contributed by atoms with Gasteiger partial charge in [-0.2, -0.15) is 5.26 Å². The summed E-state index contributed by atoms with van der Waals surface area (Å²) in [5, 5.41) is 12.1. The highest BCUT2D eigenvalue weighted by atomic mass is 16.5. The summed E-state index contributed by atoms with van der Waals surface area (Å²) in [5.74, 6) is -0.933. The molecule has 1 aliphatic rings. The number of nitriles is 1. The zero-order chi connectivity index (χ0) is 22.1. The van der Waals surface area contributed by atoms with Gasteiger partial charge in [-0.1, -0.05) is 19.3 Å². The predicted molar refractivity (Wildman–Crippen MR) is 110 cm³/mol. The number of ether oxygens (including phenoxy) is 2. The lowest BCUT2D eigenvalue weighted by molar-refractivity contribution is -0.160. The van der Waals surface area contributed by atoms with Crippen molar-refractivity contribution in [2.75, 3.05) is 20.2 Å². The van der Waals surface area contributed by atoms with E-state index >= 15 is 0 Å². The number of carbonyl (C=O) groups is 3. The standard InChI is InChI=1S/C22H29N3O5/c1-4-29-18-10-8-17(9-11-18)20(27)24-14-19(26)30-16(2)21(28)25(3)22(15-23)12-6-5-7-13-22/h8-11,16H,4-7,12-14H2,1-3H3,(H,24,27)/t16-/m0/s1. The number of hydrogen-bond acceptors (Lipinski definition) is 6. The van der Waals surface area contributed by atoms with Crippen LogP contribution < -0.4 is 10.1 Å². The predicted octanol–water partition coefficient (Wildman–Crippen LogP) is 2.43. The van der Waals surface area contributed by atoms with E-state index in [4.69, 9.17) is 9.47 Å². The molecule has 1 atom stereocenters. The van der Waals surface area contributed by atoms with Gasteiger partial charge in [0.25, 0.3) is 11.8 Å². The summed E-state index contributed by atoms with van der Waals surface area (Å²) < 4.78 is 10.5. The van der Waals surface area contributed by atoms with Crippen molar-refractivity contribution >= 4 is 17.8 Å². The third kappa shape index (κ3) is 5.72. The third-order valence-electron chi connectivity index (χ3n) is 5.34. The molecule has 0 aliphatic heterocycles. The molecule has 2 rings (SSSR count). The number of nitrogens with one attached hydrogen (secondary N) is 1. The molecule has 1 saturated carbocycles. The first-order valence-corrected chi connectivity index (χ1v) is 10.2. The van der Waals surface area contributed by atoms with Gasteiger partial charge in [0.2, 0.25) is 0 Å². The zero-order valence-electron chi connectivity index (χ0n) is 17.8. The number of likely N-dealkylation sites (N-methyl/N-ethyl adjacent to an activating group) is 1. The second kappa shape index (κ2) is 10.6. The number of hydrogen-bond donors (Lipinski definition) is 1. The van der Waals surface area contributed by atoms with E-state index in [-0.39, 0.29) is 6.54 Å². The van der Waals surface area contributed by atoms with Crippen molar-refractivity contribution < 1.29 is 23.9 Å². The summed E-state index contributed by atoms with van der Waals surface area (Å²) in [7, 11) is 1.58. The largest absolute Gasteiger partial charge is 0.494 e. The van der Waals surface area contributed by atoms with E-state index in [1.54, 1.807) is 31.3 Å².